The number of amides is 1. The third-order valence-electron chi connectivity index (χ3n) is 0.624. The van der Waals surface area contributed by atoms with Gasteiger partial charge in [-0.15, -0.1) is 0 Å². The van der Waals surface area contributed by atoms with Crippen molar-refractivity contribution in [3.05, 3.63) is 17.1 Å². The smallest absolute Gasteiger partial charge is 0.409 e. The van der Waals surface area contributed by atoms with E-state index in [1.54, 1.807) is 0 Å². The van der Waals surface area contributed by atoms with Gasteiger partial charge in [0.25, 0.3) is 5.88 Å². The molecule has 0 aliphatic rings. The zero-order valence-corrected chi connectivity index (χ0v) is 5.11. The van der Waals surface area contributed by atoms with Crippen molar-refractivity contribution in [2.75, 3.05) is 6.54 Å². The molecule has 6 heteroatoms. The van der Waals surface area contributed by atoms with Gasteiger partial charge >= 0.3 is 6.20 Å². The molecular weight excluding hydrogens is 136 g/mol. The molecule has 6 nitrogen and oxygen atoms in total. The average molecular weight is 143 g/mol. The number of carbonyl (C=O) groups excluding carboxylic acids is 1. The lowest BCUT2D eigenvalue weighted by atomic mass is 10.6. The Bertz CT molecular complexity index is 192. The fraction of sp³-hybridized carbons (Fsp3) is 0.250. The first kappa shape index (κ1) is 8.23. The molecule has 0 aromatic rings. The molecule has 0 rings (SSSR count). The molecule has 0 radical (unpaired) electrons. The van der Waals surface area contributed by atoms with Crippen molar-refractivity contribution in [1.82, 2.24) is 5.32 Å². The number of nitrogens with two attached hydrogens (primary N) is 1. The zero-order valence-electron chi connectivity index (χ0n) is 5.11. The van der Waals surface area contributed by atoms with Crippen LogP contribution in [0.2, 0.25) is 0 Å². The minimum absolute atomic E-state index is 0.197. The molecular formula is C4H7N4O2+. The molecule has 54 valence electrons. The fourth-order valence-corrected chi connectivity index (χ4v) is 0.278. The SMILES string of the molecule is N#[N+]/C=C(/O)NCC(N)=O. The van der Waals surface area contributed by atoms with E-state index in [9.17, 15) is 4.79 Å². The predicted octanol–water partition coefficient (Wildman–Crippen LogP) is -0.729. The van der Waals surface area contributed by atoms with Crippen LogP contribution in [0.4, 0.5) is 0 Å². The van der Waals surface area contributed by atoms with Crippen molar-refractivity contribution < 1.29 is 9.90 Å². The maximum Gasteiger partial charge on any atom is 0.409 e. The number of rotatable bonds is 3. The van der Waals surface area contributed by atoms with Gasteiger partial charge in [0.2, 0.25) is 11.3 Å². The van der Waals surface area contributed by atoms with Gasteiger partial charge in [-0.05, 0) is 0 Å². The van der Waals surface area contributed by atoms with E-state index in [2.05, 4.69) is 10.3 Å². The maximum atomic E-state index is 10.0. The summed E-state index contributed by atoms with van der Waals surface area (Å²) in [5.74, 6) is -1.03. The molecule has 0 aliphatic heterocycles. The van der Waals surface area contributed by atoms with Gasteiger partial charge in [0.15, 0.2) is 4.98 Å². The molecule has 0 saturated carbocycles. The van der Waals surface area contributed by atoms with Gasteiger partial charge in [0.1, 0.15) is 0 Å². The number of nitrogens with one attached hydrogen (secondary N) is 1. The van der Waals surface area contributed by atoms with Crippen LogP contribution in [0, 0.1) is 5.39 Å². The molecule has 0 spiro atoms. The van der Waals surface area contributed by atoms with Crippen LogP contribution in [0.3, 0.4) is 0 Å². The van der Waals surface area contributed by atoms with Crippen molar-refractivity contribution in [1.29, 1.82) is 5.39 Å². The molecule has 0 fully saturated rings. The Balaban J connectivity index is 3.62. The van der Waals surface area contributed by atoms with Gasteiger partial charge in [-0.25, -0.2) is 0 Å². The van der Waals surface area contributed by atoms with Gasteiger partial charge in [-0.1, -0.05) is 0 Å². The van der Waals surface area contributed by atoms with E-state index in [0.29, 0.717) is 0 Å². The lowest BCUT2D eigenvalue weighted by Crippen LogP contribution is -2.27. The Hall–Kier alpha value is -1.77. The van der Waals surface area contributed by atoms with Crippen LogP contribution in [0.1, 0.15) is 0 Å². The second-order valence-corrected chi connectivity index (χ2v) is 1.45. The van der Waals surface area contributed by atoms with Crippen molar-refractivity contribution >= 4 is 5.91 Å². The van der Waals surface area contributed by atoms with E-state index in [1.807, 2.05) is 0 Å². The molecule has 4 N–H and O–H groups in total. The molecule has 10 heavy (non-hydrogen) atoms. The van der Waals surface area contributed by atoms with E-state index < -0.39 is 11.8 Å². The van der Waals surface area contributed by atoms with Crippen LogP contribution in [-0.2, 0) is 4.79 Å². The summed E-state index contributed by atoms with van der Waals surface area (Å²) in [4.78, 5) is 12.5. The number of hydrogen-bond acceptors (Lipinski definition) is 4. The second-order valence-electron chi connectivity index (χ2n) is 1.45. The van der Waals surface area contributed by atoms with E-state index in [1.165, 1.54) is 0 Å². The first-order valence-electron chi connectivity index (χ1n) is 2.42. The predicted molar refractivity (Wildman–Crippen MR) is 33.0 cm³/mol. The molecule has 0 aliphatic carbocycles. The Labute approximate surface area is 57.0 Å². The normalized spacial score (nSPS) is 10.1. The summed E-state index contributed by atoms with van der Waals surface area (Å²) in [6, 6.07) is 0. The summed E-state index contributed by atoms with van der Waals surface area (Å²) < 4.78 is 0. The van der Waals surface area contributed by atoms with E-state index in [4.69, 9.17) is 16.2 Å². The van der Waals surface area contributed by atoms with Crippen LogP contribution in [0.5, 0.6) is 0 Å². The van der Waals surface area contributed by atoms with Crippen LogP contribution in [0.15, 0.2) is 12.1 Å². The molecule has 0 unspecified atom stereocenters. The third-order valence-corrected chi connectivity index (χ3v) is 0.624. The highest BCUT2D eigenvalue weighted by molar-refractivity contribution is 5.76. The second kappa shape index (κ2) is 4.14. The van der Waals surface area contributed by atoms with Gasteiger partial charge in [-0.3, -0.25) is 4.79 Å². The van der Waals surface area contributed by atoms with Crippen molar-refractivity contribution in [2.45, 2.75) is 0 Å². The number of diazo groups is 1. The highest BCUT2D eigenvalue weighted by Crippen LogP contribution is 1.79. The lowest BCUT2D eigenvalue weighted by molar-refractivity contribution is -0.117. The summed E-state index contributed by atoms with van der Waals surface area (Å²) in [5, 5.41) is 18.6. The monoisotopic (exact) mass is 143 g/mol. The Morgan fingerprint density at radius 1 is 1.90 bits per heavy atom. The summed E-state index contributed by atoms with van der Waals surface area (Å²) in [6.07, 6.45) is 0.739. The zero-order chi connectivity index (χ0) is 7.98. The number of aliphatic hydroxyl groups is 1. The van der Waals surface area contributed by atoms with E-state index >= 15 is 0 Å². The average Bonchev–Trinajstić information content (AvgIpc) is 1.85. The highest BCUT2D eigenvalue weighted by Gasteiger charge is 1.98. The summed E-state index contributed by atoms with van der Waals surface area (Å²) in [7, 11) is 0. The fourth-order valence-electron chi connectivity index (χ4n) is 0.278. The minimum atomic E-state index is -0.613. The summed E-state index contributed by atoms with van der Waals surface area (Å²) in [6.45, 7) is -0.197. The van der Waals surface area contributed by atoms with Crippen LogP contribution in [0.25, 0.3) is 4.98 Å². The number of aliphatic hydroxyl groups excluding tert-OH is 1. The molecule has 0 bridgehead atoms. The molecule has 1 amide bonds. The highest BCUT2D eigenvalue weighted by atomic mass is 16.3. The maximum absolute atomic E-state index is 10.0. The van der Waals surface area contributed by atoms with Crippen LogP contribution in [-0.4, -0.2) is 17.6 Å². The molecule has 0 saturated heterocycles. The Morgan fingerprint density at radius 3 is 2.90 bits per heavy atom. The quantitative estimate of drug-likeness (QED) is 0.358. The van der Waals surface area contributed by atoms with Crippen molar-refractivity contribution in [2.24, 2.45) is 5.73 Å². The standard InChI is InChI=1S/C4H6N4O2/c5-3(9)1-7-4(10)2-8-6/h2,7H,1H2,(H2-,5,9,10)/p+1/b4-2+. The molecule has 0 atom stereocenters. The summed E-state index contributed by atoms with van der Waals surface area (Å²) in [5.41, 5.74) is 4.70. The van der Waals surface area contributed by atoms with E-state index in [-0.39, 0.29) is 6.54 Å². The van der Waals surface area contributed by atoms with Gasteiger partial charge in [0, 0.05) is 0 Å². The molecule has 0 aromatic heterocycles. The van der Waals surface area contributed by atoms with Gasteiger partial charge in [-0.2, -0.15) is 0 Å². The molecule has 0 aromatic carbocycles. The summed E-state index contributed by atoms with van der Waals surface area (Å²) >= 11 is 0. The van der Waals surface area contributed by atoms with Gasteiger partial charge < -0.3 is 16.2 Å². The van der Waals surface area contributed by atoms with E-state index in [0.717, 1.165) is 6.20 Å². The number of nitrogens with zero attached hydrogens (tertiary/aromatic N) is 2. The first-order valence-corrected chi connectivity index (χ1v) is 2.42. The Morgan fingerprint density at radius 2 is 2.50 bits per heavy atom. The van der Waals surface area contributed by atoms with Crippen LogP contribution >= 0.6 is 0 Å². The van der Waals surface area contributed by atoms with Crippen molar-refractivity contribution in [3.63, 3.8) is 0 Å². The Kier molecular flexibility index (Phi) is 3.41. The largest absolute Gasteiger partial charge is 0.490 e. The number of carbonyl (C=O) groups is 1. The number of hydrogen-bond donors (Lipinski definition) is 3. The topological polar surface area (TPSA) is 104 Å². The third kappa shape index (κ3) is 4.39. The van der Waals surface area contributed by atoms with Crippen LogP contribution < -0.4 is 11.1 Å². The molecule has 0 heterocycles. The van der Waals surface area contributed by atoms with Gasteiger partial charge in [0.05, 0.1) is 6.54 Å². The number of primary amides is 1. The lowest BCUT2D eigenvalue weighted by Gasteiger charge is -1.94. The minimum Gasteiger partial charge on any atom is -0.490 e. The first-order chi connectivity index (χ1) is 4.66. The van der Waals surface area contributed by atoms with Crippen molar-refractivity contribution in [3.8, 4) is 0 Å².